The number of hydrogen-bond acceptors (Lipinski definition) is 4. The number of carbonyl (C=O) groups excluding carboxylic acids is 1. The Morgan fingerprint density at radius 1 is 1.06 bits per heavy atom. The number of carbonyl (C=O) groups is 1. The number of hydrogen-bond donors (Lipinski definition) is 1. The molecule has 1 N–H and O–H groups in total. The van der Waals surface area contributed by atoms with Gasteiger partial charge in [-0.15, -0.1) is 0 Å². The number of nitrogens with zero attached hydrogens (tertiary/aromatic N) is 1. The van der Waals surface area contributed by atoms with E-state index in [9.17, 15) is 14.4 Å². The smallest absolute Gasteiger partial charge is 0.266 e. The minimum Gasteiger partial charge on any atom is -0.490 e. The lowest BCUT2D eigenvalue weighted by Crippen LogP contribution is -2.14. The molecule has 0 saturated heterocycles. The number of rotatable bonds is 8. The average molecular weight is 588 g/mol. The monoisotopic (exact) mass is 586 g/mol. The summed E-state index contributed by atoms with van der Waals surface area (Å²) in [7, 11) is 0. The second kappa shape index (κ2) is 11.8. The Morgan fingerprint density at radius 2 is 1.74 bits per heavy atom. The number of nitriles is 1. The van der Waals surface area contributed by atoms with Crippen molar-refractivity contribution in [2.75, 3.05) is 11.9 Å². The molecule has 0 aliphatic heterocycles. The van der Waals surface area contributed by atoms with Crippen LogP contribution in [0.3, 0.4) is 0 Å². The van der Waals surface area contributed by atoms with E-state index in [0.29, 0.717) is 38.3 Å². The molecule has 0 heterocycles. The Bertz CT molecular complexity index is 1250. The first kappa shape index (κ1) is 25.5. The third-order valence-electron chi connectivity index (χ3n) is 4.68. The van der Waals surface area contributed by atoms with Gasteiger partial charge in [0.2, 0.25) is 0 Å². The summed E-state index contributed by atoms with van der Waals surface area (Å²) in [6.45, 7) is 4.42. The van der Waals surface area contributed by atoms with Crippen LogP contribution in [0.2, 0.25) is 0 Å². The van der Waals surface area contributed by atoms with Crippen molar-refractivity contribution in [2.24, 2.45) is 0 Å². The molecule has 0 atom stereocenters. The normalized spacial score (nSPS) is 11.0. The Labute approximate surface area is 214 Å². The van der Waals surface area contributed by atoms with Crippen LogP contribution >= 0.6 is 31.9 Å². The first-order chi connectivity index (χ1) is 16.3. The molecule has 174 valence electrons. The molecule has 0 aromatic heterocycles. The highest BCUT2D eigenvalue weighted by molar-refractivity contribution is 9.11. The van der Waals surface area contributed by atoms with Crippen molar-refractivity contribution in [3.63, 3.8) is 0 Å². The van der Waals surface area contributed by atoms with E-state index in [1.165, 1.54) is 18.2 Å². The van der Waals surface area contributed by atoms with Gasteiger partial charge in [-0.2, -0.15) is 5.26 Å². The van der Waals surface area contributed by atoms with Gasteiger partial charge < -0.3 is 14.8 Å². The molecule has 3 aromatic carbocycles. The largest absolute Gasteiger partial charge is 0.490 e. The van der Waals surface area contributed by atoms with Gasteiger partial charge in [0, 0.05) is 8.95 Å². The van der Waals surface area contributed by atoms with E-state index in [-0.39, 0.29) is 18.0 Å². The molecule has 0 aliphatic rings. The van der Waals surface area contributed by atoms with Crippen LogP contribution in [0.4, 0.5) is 10.1 Å². The lowest BCUT2D eigenvalue weighted by molar-refractivity contribution is -0.112. The molecule has 1 amide bonds. The van der Waals surface area contributed by atoms with Gasteiger partial charge in [-0.3, -0.25) is 4.79 Å². The molecule has 0 unspecified atom stereocenters. The molecule has 0 saturated carbocycles. The predicted octanol–water partition coefficient (Wildman–Crippen LogP) is 7.18. The highest BCUT2D eigenvalue weighted by Gasteiger charge is 2.15. The lowest BCUT2D eigenvalue weighted by Gasteiger charge is -2.13. The molecule has 0 spiro atoms. The second-order valence-electron chi connectivity index (χ2n) is 7.28. The van der Waals surface area contributed by atoms with E-state index in [2.05, 4.69) is 37.2 Å². The minimum atomic E-state index is -0.539. The zero-order valence-corrected chi connectivity index (χ0v) is 21.7. The summed E-state index contributed by atoms with van der Waals surface area (Å²) in [4.78, 5) is 12.8. The number of anilines is 1. The van der Waals surface area contributed by atoms with Crippen molar-refractivity contribution >= 4 is 49.5 Å². The van der Waals surface area contributed by atoms with Gasteiger partial charge in [0.25, 0.3) is 5.91 Å². The molecule has 0 bridgehead atoms. The Balaban J connectivity index is 1.81. The SMILES string of the molecule is CCOc1cc(/C=C(\C#N)C(=O)Nc2c(Br)cc(C)cc2Br)ccc1OCc1ccc(F)cc1. The van der Waals surface area contributed by atoms with Crippen molar-refractivity contribution in [3.8, 4) is 17.6 Å². The summed E-state index contributed by atoms with van der Waals surface area (Å²) in [5.74, 6) is 0.121. The van der Waals surface area contributed by atoms with E-state index < -0.39 is 5.91 Å². The minimum absolute atomic E-state index is 0.0678. The molecular formula is C26H21Br2FN2O3. The third-order valence-corrected chi connectivity index (χ3v) is 5.93. The van der Waals surface area contributed by atoms with Gasteiger partial charge in [-0.1, -0.05) is 18.2 Å². The first-order valence-corrected chi connectivity index (χ1v) is 11.9. The highest BCUT2D eigenvalue weighted by atomic mass is 79.9. The second-order valence-corrected chi connectivity index (χ2v) is 8.99. The molecule has 0 radical (unpaired) electrons. The van der Waals surface area contributed by atoms with Crippen LogP contribution in [-0.2, 0) is 11.4 Å². The highest BCUT2D eigenvalue weighted by Crippen LogP contribution is 2.33. The van der Waals surface area contributed by atoms with Crippen LogP contribution in [0.25, 0.3) is 6.08 Å². The summed E-state index contributed by atoms with van der Waals surface area (Å²) < 4.78 is 26.0. The van der Waals surface area contributed by atoms with Crippen LogP contribution < -0.4 is 14.8 Å². The van der Waals surface area contributed by atoms with Crippen molar-refractivity contribution in [1.29, 1.82) is 5.26 Å². The fraction of sp³-hybridized carbons (Fsp3) is 0.154. The standard InChI is InChI=1S/C26H21Br2FN2O3/c1-3-33-24-13-18(6-9-23(24)34-15-17-4-7-20(29)8-5-17)12-19(14-30)26(32)31-25-21(27)10-16(2)11-22(25)28/h4-13H,3,15H2,1-2H3,(H,31,32)/b19-12+. The van der Waals surface area contributed by atoms with Gasteiger partial charge >= 0.3 is 0 Å². The van der Waals surface area contributed by atoms with Gasteiger partial charge in [0.15, 0.2) is 11.5 Å². The van der Waals surface area contributed by atoms with Crippen LogP contribution in [0.1, 0.15) is 23.6 Å². The summed E-state index contributed by atoms with van der Waals surface area (Å²) in [5.41, 5.74) is 2.90. The van der Waals surface area contributed by atoms with Gasteiger partial charge in [0.05, 0.1) is 12.3 Å². The van der Waals surface area contributed by atoms with Crippen LogP contribution in [0.5, 0.6) is 11.5 Å². The number of benzene rings is 3. The molecule has 3 rings (SSSR count). The number of amides is 1. The first-order valence-electron chi connectivity index (χ1n) is 10.3. The third kappa shape index (κ3) is 6.69. The van der Waals surface area contributed by atoms with E-state index in [0.717, 1.165) is 11.1 Å². The summed E-state index contributed by atoms with van der Waals surface area (Å²) in [5, 5.41) is 12.4. The zero-order valence-electron chi connectivity index (χ0n) is 18.5. The maximum atomic E-state index is 13.1. The zero-order chi connectivity index (χ0) is 24.7. The van der Waals surface area contributed by atoms with Gasteiger partial charge in [0.1, 0.15) is 24.1 Å². The Kier molecular flexibility index (Phi) is 8.85. The molecule has 3 aromatic rings. The molecule has 8 heteroatoms. The number of aryl methyl sites for hydroxylation is 1. The Hall–Kier alpha value is -3.15. The lowest BCUT2D eigenvalue weighted by atomic mass is 10.1. The van der Waals surface area contributed by atoms with E-state index in [1.807, 2.05) is 32.0 Å². The van der Waals surface area contributed by atoms with Crippen molar-refractivity contribution in [1.82, 2.24) is 0 Å². The number of halogens is 3. The molecule has 5 nitrogen and oxygen atoms in total. The molecule has 0 fully saturated rings. The molecule has 0 aliphatic carbocycles. The predicted molar refractivity (Wildman–Crippen MR) is 137 cm³/mol. The van der Waals surface area contributed by atoms with Crippen molar-refractivity contribution in [2.45, 2.75) is 20.5 Å². The van der Waals surface area contributed by atoms with E-state index in [1.54, 1.807) is 30.3 Å². The topological polar surface area (TPSA) is 71.3 Å². The molecule has 34 heavy (non-hydrogen) atoms. The maximum Gasteiger partial charge on any atom is 0.266 e. The Morgan fingerprint density at radius 3 is 2.35 bits per heavy atom. The summed E-state index contributed by atoms with van der Waals surface area (Å²) >= 11 is 6.88. The van der Waals surface area contributed by atoms with Gasteiger partial charge in [-0.05, 0) is 105 Å². The van der Waals surface area contributed by atoms with Crippen LogP contribution in [0, 0.1) is 24.1 Å². The quantitative estimate of drug-likeness (QED) is 0.224. The molecular weight excluding hydrogens is 567 g/mol. The average Bonchev–Trinajstić information content (AvgIpc) is 2.80. The van der Waals surface area contributed by atoms with E-state index >= 15 is 0 Å². The fourth-order valence-corrected chi connectivity index (χ4v) is 4.67. The van der Waals surface area contributed by atoms with E-state index in [4.69, 9.17) is 9.47 Å². The van der Waals surface area contributed by atoms with Crippen LogP contribution in [-0.4, -0.2) is 12.5 Å². The van der Waals surface area contributed by atoms with Gasteiger partial charge in [-0.25, -0.2) is 4.39 Å². The van der Waals surface area contributed by atoms with Crippen molar-refractivity contribution in [3.05, 3.63) is 91.6 Å². The van der Waals surface area contributed by atoms with Crippen molar-refractivity contribution < 1.29 is 18.7 Å². The summed E-state index contributed by atoms with van der Waals surface area (Å²) in [6.07, 6.45) is 1.48. The summed E-state index contributed by atoms with van der Waals surface area (Å²) in [6, 6.07) is 16.9. The van der Waals surface area contributed by atoms with Crippen LogP contribution in [0.15, 0.2) is 69.1 Å². The maximum absolute atomic E-state index is 13.1. The number of nitrogens with one attached hydrogen (secondary N) is 1. The number of ether oxygens (including phenoxy) is 2. The fourth-order valence-electron chi connectivity index (χ4n) is 3.06.